The highest BCUT2D eigenvalue weighted by molar-refractivity contribution is 9.11. The van der Waals surface area contributed by atoms with Gasteiger partial charge in [0, 0.05) is 31.2 Å². The Morgan fingerprint density at radius 1 is 1.44 bits per heavy atom. The minimum Gasteiger partial charge on any atom is -0.385 e. The van der Waals surface area contributed by atoms with E-state index in [1.807, 2.05) is 0 Å². The van der Waals surface area contributed by atoms with E-state index in [-0.39, 0.29) is 0 Å². The van der Waals surface area contributed by atoms with Crippen LogP contribution in [0.15, 0.2) is 15.9 Å². The minimum atomic E-state index is 0.529. The molecule has 2 nitrogen and oxygen atoms in total. The van der Waals surface area contributed by atoms with Crippen molar-refractivity contribution < 1.29 is 4.74 Å². The van der Waals surface area contributed by atoms with Crippen molar-refractivity contribution in [3.05, 3.63) is 20.8 Å². The monoisotopic (exact) mass is 305 g/mol. The summed E-state index contributed by atoms with van der Waals surface area (Å²) in [6.45, 7) is 6.27. The van der Waals surface area contributed by atoms with Crippen LogP contribution in [-0.4, -0.2) is 19.8 Å². The summed E-state index contributed by atoms with van der Waals surface area (Å²) in [6, 6.07) is 4.79. The molecular weight excluding hydrogens is 286 g/mol. The smallest absolute Gasteiger partial charge is 0.0701 e. The predicted molar refractivity (Wildman–Crippen MR) is 74.0 cm³/mol. The van der Waals surface area contributed by atoms with Gasteiger partial charge in [-0.05, 0) is 40.4 Å². The third-order valence-corrected chi connectivity index (χ3v) is 4.23. The number of thiophene rings is 1. The van der Waals surface area contributed by atoms with Crippen LogP contribution in [0.25, 0.3) is 0 Å². The molecule has 1 aromatic rings. The third-order valence-electron chi connectivity index (χ3n) is 2.61. The number of methoxy groups -OCH3 is 1. The first-order valence-corrected chi connectivity index (χ1v) is 7.21. The fourth-order valence-electron chi connectivity index (χ4n) is 1.59. The minimum absolute atomic E-state index is 0.529. The number of rotatable bonds is 7. The summed E-state index contributed by atoms with van der Waals surface area (Å²) < 4.78 is 6.33. The molecule has 4 heteroatoms. The van der Waals surface area contributed by atoms with Crippen molar-refractivity contribution in [3.63, 3.8) is 0 Å². The van der Waals surface area contributed by atoms with Crippen LogP contribution in [0.5, 0.6) is 0 Å². The molecule has 0 aromatic carbocycles. The standard InChI is InChI=1S/C12H20BrNOS/c1-9(2)11(6-7-15-3)14-8-10-4-5-12(13)16-10/h4-5,9,11,14H,6-8H2,1-3H3. The van der Waals surface area contributed by atoms with E-state index in [0.717, 1.165) is 19.6 Å². The van der Waals surface area contributed by atoms with E-state index in [2.05, 4.69) is 47.2 Å². The third kappa shape index (κ3) is 4.95. The van der Waals surface area contributed by atoms with E-state index < -0.39 is 0 Å². The Morgan fingerprint density at radius 3 is 2.69 bits per heavy atom. The Kier molecular flexibility index (Phi) is 6.58. The van der Waals surface area contributed by atoms with Crippen molar-refractivity contribution in [2.75, 3.05) is 13.7 Å². The second-order valence-corrected chi connectivity index (χ2v) is 6.77. The lowest BCUT2D eigenvalue weighted by atomic mass is 10.0. The van der Waals surface area contributed by atoms with E-state index in [9.17, 15) is 0 Å². The van der Waals surface area contributed by atoms with Gasteiger partial charge in [-0.3, -0.25) is 0 Å². The molecule has 0 amide bonds. The van der Waals surface area contributed by atoms with E-state index in [1.54, 1.807) is 18.4 Å². The van der Waals surface area contributed by atoms with Gasteiger partial charge in [0.25, 0.3) is 0 Å². The van der Waals surface area contributed by atoms with Crippen LogP contribution in [0, 0.1) is 5.92 Å². The zero-order chi connectivity index (χ0) is 12.0. The second-order valence-electron chi connectivity index (χ2n) is 4.22. The summed E-state index contributed by atoms with van der Waals surface area (Å²) in [4.78, 5) is 1.37. The molecule has 0 aliphatic carbocycles. The number of hydrogen-bond acceptors (Lipinski definition) is 3. The SMILES string of the molecule is COCCC(NCc1ccc(Br)s1)C(C)C. The van der Waals surface area contributed by atoms with Crippen LogP contribution < -0.4 is 5.32 Å². The molecule has 1 aromatic heterocycles. The summed E-state index contributed by atoms with van der Waals surface area (Å²) in [5.41, 5.74) is 0. The summed E-state index contributed by atoms with van der Waals surface area (Å²) >= 11 is 5.27. The fraction of sp³-hybridized carbons (Fsp3) is 0.667. The molecule has 1 atom stereocenters. The highest BCUT2D eigenvalue weighted by Gasteiger charge is 2.12. The molecule has 0 fully saturated rings. The summed E-state index contributed by atoms with van der Waals surface area (Å²) in [6.07, 6.45) is 1.07. The molecule has 0 saturated carbocycles. The van der Waals surface area contributed by atoms with Gasteiger partial charge in [0.15, 0.2) is 0 Å². The zero-order valence-electron chi connectivity index (χ0n) is 10.1. The maximum atomic E-state index is 5.13. The first-order valence-electron chi connectivity index (χ1n) is 5.60. The molecule has 0 aliphatic heterocycles. The van der Waals surface area contributed by atoms with Gasteiger partial charge >= 0.3 is 0 Å². The zero-order valence-corrected chi connectivity index (χ0v) is 12.5. The van der Waals surface area contributed by atoms with Gasteiger partial charge in [-0.1, -0.05) is 13.8 Å². The van der Waals surface area contributed by atoms with Gasteiger partial charge in [0.2, 0.25) is 0 Å². The van der Waals surface area contributed by atoms with E-state index in [1.165, 1.54) is 8.66 Å². The molecular formula is C12H20BrNOS. The highest BCUT2D eigenvalue weighted by Crippen LogP contribution is 2.22. The maximum Gasteiger partial charge on any atom is 0.0701 e. The lowest BCUT2D eigenvalue weighted by Crippen LogP contribution is -2.34. The van der Waals surface area contributed by atoms with Crippen molar-refractivity contribution in [1.82, 2.24) is 5.32 Å². The molecule has 0 bridgehead atoms. The summed E-state index contributed by atoms with van der Waals surface area (Å²) in [5, 5.41) is 3.59. The molecule has 0 saturated heterocycles. The Morgan fingerprint density at radius 2 is 2.19 bits per heavy atom. The van der Waals surface area contributed by atoms with Crippen LogP contribution in [0.2, 0.25) is 0 Å². The van der Waals surface area contributed by atoms with Crippen molar-refractivity contribution >= 4 is 27.3 Å². The first-order chi connectivity index (χ1) is 7.63. The van der Waals surface area contributed by atoms with Crippen LogP contribution in [0.1, 0.15) is 25.1 Å². The highest BCUT2D eigenvalue weighted by atomic mass is 79.9. The van der Waals surface area contributed by atoms with Crippen LogP contribution in [0.4, 0.5) is 0 Å². The molecule has 16 heavy (non-hydrogen) atoms. The molecule has 1 rings (SSSR count). The molecule has 1 heterocycles. The lowest BCUT2D eigenvalue weighted by Gasteiger charge is -2.21. The molecule has 0 aliphatic rings. The Bertz CT molecular complexity index is 301. The lowest BCUT2D eigenvalue weighted by molar-refractivity contribution is 0.173. The summed E-state index contributed by atoms with van der Waals surface area (Å²) in [5.74, 6) is 0.638. The Labute approximate surface area is 111 Å². The van der Waals surface area contributed by atoms with Gasteiger partial charge in [-0.25, -0.2) is 0 Å². The first kappa shape index (κ1) is 14.2. The van der Waals surface area contributed by atoms with Crippen LogP contribution in [0.3, 0.4) is 0 Å². The van der Waals surface area contributed by atoms with Crippen molar-refractivity contribution in [3.8, 4) is 0 Å². The van der Waals surface area contributed by atoms with Crippen molar-refractivity contribution in [1.29, 1.82) is 0 Å². The number of halogens is 1. The molecule has 0 spiro atoms. The second kappa shape index (κ2) is 7.43. The largest absolute Gasteiger partial charge is 0.385 e. The summed E-state index contributed by atoms with van der Waals surface area (Å²) in [7, 11) is 1.76. The van der Waals surface area contributed by atoms with Gasteiger partial charge in [-0.15, -0.1) is 11.3 Å². The topological polar surface area (TPSA) is 21.3 Å². The van der Waals surface area contributed by atoms with E-state index >= 15 is 0 Å². The van der Waals surface area contributed by atoms with Crippen LogP contribution >= 0.6 is 27.3 Å². The van der Waals surface area contributed by atoms with Gasteiger partial charge in [-0.2, -0.15) is 0 Å². The number of hydrogen-bond donors (Lipinski definition) is 1. The average Bonchev–Trinajstić information content (AvgIpc) is 2.64. The number of ether oxygens (including phenoxy) is 1. The van der Waals surface area contributed by atoms with Crippen molar-refractivity contribution in [2.24, 2.45) is 5.92 Å². The van der Waals surface area contributed by atoms with Crippen LogP contribution in [-0.2, 0) is 11.3 Å². The van der Waals surface area contributed by atoms with Gasteiger partial charge < -0.3 is 10.1 Å². The van der Waals surface area contributed by atoms with Gasteiger partial charge in [0.1, 0.15) is 0 Å². The predicted octanol–water partition coefficient (Wildman–Crippen LogP) is 3.66. The van der Waals surface area contributed by atoms with Gasteiger partial charge in [0.05, 0.1) is 3.79 Å². The molecule has 1 N–H and O–H groups in total. The van der Waals surface area contributed by atoms with Crippen molar-refractivity contribution in [2.45, 2.75) is 32.9 Å². The Hall–Kier alpha value is 0.1000. The molecule has 1 unspecified atom stereocenters. The average molecular weight is 306 g/mol. The molecule has 0 radical (unpaired) electrons. The maximum absolute atomic E-state index is 5.13. The molecule has 92 valence electrons. The Balaban J connectivity index is 2.37. The quantitative estimate of drug-likeness (QED) is 0.830. The number of nitrogens with one attached hydrogen (secondary N) is 1. The van der Waals surface area contributed by atoms with E-state index in [4.69, 9.17) is 4.74 Å². The normalized spacial score (nSPS) is 13.3. The van der Waals surface area contributed by atoms with E-state index in [0.29, 0.717) is 12.0 Å². The fourth-order valence-corrected chi connectivity index (χ4v) is 3.03.